The highest BCUT2D eigenvalue weighted by atomic mass is 16.6. The summed E-state index contributed by atoms with van der Waals surface area (Å²) in [4.78, 5) is 44.5. The SMILES string of the molecule is CC(=O)NCC(CNC(C)=O)OC(=O)Nc1ccc(C(=O)O)cc1. The molecule has 4 N–H and O–H groups in total. The number of ether oxygens (including phenoxy) is 1. The van der Waals surface area contributed by atoms with Crippen LogP contribution < -0.4 is 16.0 Å². The minimum atomic E-state index is -1.07. The van der Waals surface area contributed by atoms with E-state index in [1.54, 1.807) is 0 Å². The Hall–Kier alpha value is -3.10. The zero-order chi connectivity index (χ0) is 18.1. The van der Waals surface area contributed by atoms with Crippen molar-refractivity contribution >= 4 is 29.6 Å². The molecule has 0 fully saturated rings. The lowest BCUT2D eigenvalue weighted by molar-refractivity contribution is -0.119. The smallest absolute Gasteiger partial charge is 0.412 e. The largest absolute Gasteiger partial charge is 0.478 e. The van der Waals surface area contributed by atoms with Gasteiger partial charge in [0.1, 0.15) is 6.10 Å². The average molecular weight is 337 g/mol. The van der Waals surface area contributed by atoms with E-state index in [2.05, 4.69) is 16.0 Å². The van der Waals surface area contributed by atoms with Gasteiger partial charge in [-0.2, -0.15) is 0 Å². The van der Waals surface area contributed by atoms with Crippen molar-refractivity contribution in [3.05, 3.63) is 29.8 Å². The van der Waals surface area contributed by atoms with Gasteiger partial charge < -0.3 is 20.5 Å². The Labute approximate surface area is 138 Å². The Kier molecular flexibility index (Phi) is 7.21. The number of carboxylic acid groups (broad SMARTS) is 1. The van der Waals surface area contributed by atoms with Crippen LogP contribution >= 0.6 is 0 Å². The average Bonchev–Trinajstić information content (AvgIpc) is 2.50. The van der Waals surface area contributed by atoms with Crippen molar-refractivity contribution in [3.8, 4) is 0 Å². The maximum Gasteiger partial charge on any atom is 0.412 e. The van der Waals surface area contributed by atoms with Crippen molar-refractivity contribution in [1.82, 2.24) is 10.6 Å². The summed E-state index contributed by atoms with van der Waals surface area (Å²) in [5.74, 6) is -1.66. The van der Waals surface area contributed by atoms with Gasteiger partial charge in [0.2, 0.25) is 11.8 Å². The fraction of sp³-hybridized carbons (Fsp3) is 0.333. The van der Waals surface area contributed by atoms with Crippen LogP contribution in [0.4, 0.5) is 10.5 Å². The summed E-state index contributed by atoms with van der Waals surface area (Å²) in [5, 5.41) is 16.2. The molecule has 0 saturated carbocycles. The van der Waals surface area contributed by atoms with Crippen LogP contribution in [0.25, 0.3) is 0 Å². The van der Waals surface area contributed by atoms with Gasteiger partial charge in [-0.25, -0.2) is 9.59 Å². The highest BCUT2D eigenvalue weighted by molar-refractivity contribution is 5.89. The first kappa shape index (κ1) is 18.9. The van der Waals surface area contributed by atoms with E-state index < -0.39 is 18.2 Å². The molecule has 0 spiro atoms. The molecular formula is C15H19N3O6. The van der Waals surface area contributed by atoms with Gasteiger partial charge in [0.05, 0.1) is 18.7 Å². The molecule has 3 amide bonds. The fourth-order valence-electron chi connectivity index (χ4n) is 1.67. The molecule has 1 aromatic carbocycles. The van der Waals surface area contributed by atoms with Crippen LogP contribution in [0, 0.1) is 0 Å². The highest BCUT2D eigenvalue weighted by Gasteiger charge is 2.16. The number of carbonyl (C=O) groups excluding carboxylic acids is 3. The quantitative estimate of drug-likeness (QED) is 0.575. The third-order valence-electron chi connectivity index (χ3n) is 2.81. The molecule has 24 heavy (non-hydrogen) atoms. The van der Waals surface area contributed by atoms with Crippen molar-refractivity contribution in [1.29, 1.82) is 0 Å². The number of amides is 3. The van der Waals surface area contributed by atoms with E-state index in [4.69, 9.17) is 9.84 Å². The molecule has 0 saturated heterocycles. The van der Waals surface area contributed by atoms with Gasteiger partial charge in [-0.05, 0) is 24.3 Å². The van der Waals surface area contributed by atoms with Gasteiger partial charge in [-0.1, -0.05) is 0 Å². The van der Waals surface area contributed by atoms with Crippen LogP contribution in [0.3, 0.4) is 0 Å². The van der Waals surface area contributed by atoms with Crippen LogP contribution in [-0.2, 0) is 14.3 Å². The molecule has 0 radical (unpaired) electrons. The molecule has 9 heteroatoms. The van der Waals surface area contributed by atoms with Crippen LogP contribution in [0.1, 0.15) is 24.2 Å². The molecular weight excluding hydrogens is 318 g/mol. The molecule has 1 aromatic rings. The third-order valence-corrected chi connectivity index (χ3v) is 2.81. The molecule has 0 aliphatic carbocycles. The third kappa shape index (κ3) is 7.25. The van der Waals surface area contributed by atoms with Crippen LogP contribution in [0.15, 0.2) is 24.3 Å². The molecule has 0 bridgehead atoms. The monoisotopic (exact) mass is 337 g/mol. The second-order valence-electron chi connectivity index (χ2n) is 4.91. The number of benzene rings is 1. The van der Waals surface area contributed by atoms with Crippen molar-refractivity contribution in [2.45, 2.75) is 20.0 Å². The van der Waals surface area contributed by atoms with Gasteiger partial charge in [-0.3, -0.25) is 14.9 Å². The Balaban J connectivity index is 2.60. The minimum absolute atomic E-state index is 0.0426. The first-order valence-electron chi connectivity index (χ1n) is 7.07. The number of hydrogen-bond donors (Lipinski definition) is 4. The van der Waals surface area contributed by atoms with Crippen LogP contribution in [0.2, 0.25) is 0 Å². The van der Waals surface area contributed by atoms with Gasteiger partial charge in [0.25, 0.3) is 0 Å². The summed E-state index contributed by atoms with van der Waals surface area (Å²) < 4.78 is 5.14. The molecule has 0 aliphatic rings. The van der Waals surface area contributed by atoms with E-state index >= 15 is 0 Å². The summed E-state index contributed by atoms with van der Waals surface area (Å²) >= 11 is 0. The number of anilines is 1. The van der Waals surface area contributed by atoms with Crippen molar-refractivity contribution in [2.24, 2.45) is 0 Å². The van der Waals surface area contributed by atoms with Gasteiger partial charge in [0.15, 0.2) is 0 Å². The predicted molar refractivity (Wildman–Crippen MR) is 84.7 cm³/mol. The summed E-state index contributed by atoms with van der Waals surface area (Å²) in [6.07, 6.45) is -1.55. The summed E-state index contributed by atoms with van der Waals surface area (Å²) in [6, 6.07) is 5.51. The molecule has 0 aromatic heterocycles. The summed E-state index contributed by atoms with van der Waals surface area (Å²) in [5.41, 5.74) is 0.436. The Morgan fingerprint density at radius 3 is 1.92 bits per heavy atom. The van der Waals surface area contributed by atoms with E-state index in [-0.39, 0.29) is 30.5 Å². The van der Waals surface area contributed by atoms with E-state index in [0.717, 1.165) is 0 Å². The normalized spacial score (nSPS) is 9.96. The number of rotatable bonds is 7. The lowest BCUT2D eigenvalue weighted by atomic mass is 10.2. The first-order chi connectivity index (χ1) is 11.3. The molecule has 0 aliphatic heterocycles. The van der Waals surface area contributed by atoms with E-state index in [1.165, 1.54) is 38.1 Å². The van der Waals surface area contributed by atoms with Crippen LogP contribution in [0.5, 0.6) is 0 Å². The Morgan fingerprint density at radius 1 is 1.00 bits per heavy atom. The zero-order valence-corrected chi connectivity index (χ0v) is 13.3. The fourth-order valence-corrected chi connectivity index (χ4v) is 1.67. The summed E-state index contributed by atoms with van der Waals surface area (Å²) in [7, 11) is 0. The molecule has 0 heterocycles. The molecule has 1 rings (SSSR count). The number of nitrogens with one attached hydrogen (secondary N) is 3. The standard InChI is InChI=1S/C15H19N3O6/c1-9(19)16-7-13(8-17-10(2)20)24-15(23)18-12-5-3-11(4-6-12)14(21)22/h3-6,13H,7-8H2,1-2H3,(H,16,19)(H,17,20)(H,18,23)(H,21,22). The van der Waals surface area contributed by atoms with Crippen molar-refractivity contribution in [3.63, 3.8) is 0 Å². The van der Waals surface area contributed by atoms with Gasteiger partial charge in [-0.15, -0.1) is 0 Å². The second kappa shape index (κ2) is 9.13. The van der Waals surface area contributed by atoms with Crippen LogP contribution in [-0.4, -0.2) is 48.2 Å². The zero-order valence-electron chi connectivity index (χ0n) is 13.3. The van der Waals surface area contributed by atoms with Gasteiger partial charge >= 0.3 is 12.1 Å². The number of carbonyl (C=O) groups is 4. The predicted octanol–water partition coefficient (Wildman–Crippen LogP) is 0.574. The topological polar surface area (TPSA) is 134 Å². The van der Waals surface area contributed by atoms with Gasteiger partial charge in [0, 0.05) is 19.5 Å². The molecule has 0 atom stereocenters. The minimum Gasteiger partial charge on any atom is -0.478 e. The Morgan fingerprint density at radius 2 is 1.50 bits per heavy atom. The van der Waals surface area contributed by atoms with E-state index in [0.29, 0.717) is 5.69 Å². The second-order valence-corrected chi connectivity index (χ2v) is 4.91. The number of carboxylic acids is 1. The van der Waals surface area contributed by atoms with E-state index in [1.807, 2.05) is 0 Å². The lowest BCUT2D eigenvalue weighted by Crippen LogP contribution is -2.42. The molecule has 130 valence electrons. The summed E-state index contributed by atoms with van der Waals surface area (Å²) in [6.45, 7) is 2.72. The van der Waals surface area contributed by atoms with E-state index in [9.17, 15) is 19.2 Å². The first-order valence-corrected chi connectivity index (χ1v) is 7.07. The number of hydrogen-bond acceptors (Lipinski definition) is 5. The number of aromatic carboxylic acids is 1. The van der Waals surface area contributed by atoms with Crippen molar-refractivity contribution in [2.75, 3.05) is 18.4 Å². The maximum atomic E-state index is 11.9. The van der Waals surface area contributed by atoms with Crippen molar-refractivity contribution < 1.29 is 29.0 Å². The lowest BCUT2D eigenvalue weighted by Gasteiger charge is -2.18. The highest BCUT2D eigenvalue weighted by Crippen LogP contribution is 2.10. The molecule has 0 unspecified atom stereocenters. The molecule has 9 nitrogen and oxygen atoms in total. The maximum absolute atomic E-state index is 11.9. The Bertz CT molecular complexity index is 596.